The second-order valence-electron chi connectivity index (χ2n) is 5.50. The molecule has 0 aliphatic rings. The fourth-order valence-electron chi connectivity index (χ4n) is 2.24. The van der Waals surface area contributed by atoms with Crippen molar-refractivity contribution in [2.75, 3.05) is 5.32 Å². The molecule has 1 amide bonds. The number of rotatable bonds is 5. The van der Waals surface area contributed by atoms with Gasteiger partial charge < -0.3 is 5.32 Å². The number of anilines is 1. The Morgan fingerprint density at radius 2 is 1.73 bits per heavy atom. The first-order valence-electron chi connectivity index (χ1n) is 7.40. The van der Waals surface area contributed by atoms with Crippen LogP contribution in [0.4, 0.5) is 5.69 Å². The molecule has 1 N–H and O–H groups in total. The summed E-state index contributed by atoms with van der Waals surface area (Å²) in [5.74, 6) is 0.00580. The number of aryl methyl sites for hydroxylation is 3. The van der Waals surface area contributed by atoms with Gasteiger partial charge in [-0.1, -0.05) is 30.3 Å². The summed E-state index contributed by atoms with van der Waals surface area (Å²) < 4.78 is 0. The molecule has 0 spiro atoms. The van der Waals surface area contributed by atoms with Crippen LogP contribution in [0.3, 0.4) is 0 Å². The fourth-order valence-corrected chi connectivity index (χ4v) is 2.24. The van der Waals surface area contributed by atoms with E-state index in [1.807, 2.05) is 24.3 Å². The van der Waals surface area contributed by atoms with Crippen LogP contribution in [-0.2, 0) is 17.6 Å². The molecule has 0 unspecified atom stereocenters. The van der Waals surface area contributed by atoms with E-state index in [1.165, 1.54) is 16.7 Å². The first kappa shape index (κ1) is 15.8. The topological polar surface area (TPSA) is 52.9 Å². The molecule has 0 radical (unpaired) electrons. The maximum Gasteiger partial charge on any atom is 0.224 e. The highest BCUT2D eigenvalue weighted by molar-refractivity contribution is 5.90. The molecule has 0 saturated carbocycles. The molecule has 0 bridgehead atoms. The van der Waals surface area contributed by atoms with Crippen LogP contribution < -0.4 is 5.32 Å². The minimum absolute atomic E-state index is 0.00580. The Bertz CT molecular complexity index is 696. The average molecular weight is 292 g/mol. The van der Waals surface area contributed by atoms with Crippen molar-refractivity contribution < 1.29 is 4.79 Å². The minimum Gasteiger partial charge on any atom is -0.326 e. The van der Waals surface area contributed by atoms with E-state index >= 15 is 0 Å². The quantitative estimate of drug-likeness (QED) is 0.907. The predicted molar refractivity (Wildman–Crippen MR) is 88.6 cm³/mol. The van der Waals surface area contributed by atoms with Gasteiger partial charge in [0.05, 0.1) is 12.5 Å². The third kappa shape index (κ3) is 4.46. The number of nitrogens with zero attached hydrogens (tertiary/aromatic N) is 1. The van der Waals surface area contributed by atoms with Crippen molar-refractivity contribution >= 4 is 11.6 Å². The third-order valence-corrected chi connectivity index (χ3v) is 3.73. The highest BCUT2D eigenvalue weighted by atomic mass is 16.1. The summed E-state index contributed by atoms with van der Waals surface area (Å²) in [6.45, 7) is 4.17. The summed E-state index contributed by atoms with van der Waals surface area (Å²) in [5, 5.41) is 11.5. The number of nitriles is 1. The number of amides is 1. The van der Waals surface area contributed by atoms with Gasteiger partial charge in [-0.15, -0.1) is 0 Å². The van der Waals surface area contributed by atoms with Crippen LogP contribution >= 0.6 is 0 Å². The molecule has 2 aromatic carbocycles. The Kier molecular flexibility index (Phi) is 5.32. The van der Waals surface area contributed by atoms with Gasteiger partial charge in [0, 0.05) is 12.1 Å². The molecule has 2 aromatic rings. The molecule has 0 aliphatic carbocycles. The van der Waals surface area contributed by atoms with Crippen molar-refractivity contribution in [1.82, 2.24) is 0 Å². The van der Waals surface area contributed by atoms with Crippen molar-refractivity contribution in [3.8, 4) is 6.07 Å². The summed E-state index contributed by atoms with van der Waals surface area (Å²) >= 11 is 0. The van der Waals surface area contributed by atoms with Gasteiger partial charge in [0.15, 0.2) is 0 Å². The van der Waals surface area contributed by atoms with Gasteiger partial charge in [0.2, 0.25) is 5.91 Å². The standard InChI is InChI=1S/C19H20N2O/c1-14-3-4-17(13-15(14)2)7-10-19(22)21-18-8-5-16(6-9-18)11-12-20/h3-6,8-9,13H,7,10-11H2,1-2H3,(H,21,22). The summed E-state index contributed by atoms with van der Waals surface area (Å²) in [5.41, 5.74) is 5.43. The number of carbonyl (C=O) groups is 1. The van der Waals surface area contributed by atoms with Crippen LogP contribution in [0.15, 0.2) is 42.5 Å². The molecule has 0 atom stereocenters. The summed E-state index contributed by atoms with van der Waals surface area (Å²) in [6, 6.07) is 15.8. The predicted octanol–water partition coefficient (Wildman–Crippen LogP) is 3.94. The number of carbonyl (C=O) groups excluding carboxylic acids is 1. The smallest absolute Gasteiger partial charge is 0.224 e. The van der Waals surface area contributed by atoms with E-state index in [1.54, 1.807) is 0 Å². The maximum atomic E-state index is 12.0. The lowest BCUT2D eigenvalue weighted by molar-refractivity contribution is -0.116. The van der Waals surface area contributed by atoms with Crippen molar-refractivity contribution in [1.29, 1.82) is 5.26 Å². The Labute approximate surface area is 131 Å². The van der Waals surface area contributed by atoms with E-state index in [-0.39, 0.29) is 5.91 Å². The van der Waals surface area contributed by atoms with Crippen molar-refractivity contribution in [2.45, 2.75) is 33.1 Å². The zero-order valence-electron chi connectivity index (χ0n) is 13.0. The maximum absolute atomic E-state index is 12.0. The molecule has 0 saturated heterocycles. The zero-order chi connectivity index (χ0) is 15.9. The molecular formula is C19H20N2O. The second kappa shape index (κ2) is 7.42. The average Bonchev–Trinajstić information content (AvgIpc) is 2.51. The molecule has 3 nitrogen and oxygen atoms in total. The zero-order valence-corrected chi connectivity index (χ0v) is 13.0. The Hall–Kier alpha value is -2.60. The number of benzene rings is 2. The van der Waals surface area contributed by atoms with Crippen LogP contribution in [-0.4, -0.2) is 5.91 Å². The van der Waals surface area contributed by atoms with E-state index in [9.17, 15) is 4.79 Å². The van der Waals surface area contributed by atoms with Crippen molar-refractivity contribution in [3.63, 3.8) is 0 Å². The Morgan fingerprint density at radius 1 is 1.05 bits per heavy atom. The highest BCUT2D eigenvalue weighted by Crippen LogP contribution is 2.13. The molecule has 0 aromatic heterocycles. The van der Waals surface area contributed by atoms with Gasteiger partial charge in [-0.2, -0.15) is 5.26 Å². The molecule has 0 aliphatic heterocycles. The van der Waals surface area contributed by atoms with Crippen LogP contribution in [0.25, 0.3) is 0 Å². The first-order valence-corrected chi connectivity index (χ1v) is 7.40. The number of hydrogen-bond donors (Lipinski definition) is 1. The molecular weight excluding hydrogens is 272 g/mol. The number of hydrogen-bond acceptors (Lipinski definition) is 2. The van der Waals surface area contributed by atoms with Gasteiger partial charge in [-0.3, -0.25) is 4.79 Å². The monoisotopic (exact) mass is 292 g/mol. The van der Waals surface area contributed by atoms with Crippen molar-refractivity contribution in [3.05, 3.63) is 64.7 Å². The van der Waals surface area contributed by atoms with Gasteiger partial charge >= 0.3 is 0 Å². The fraction of sp³-hybridized carbons (Fsp3) is 0.263. The first-order chi connectivity index (χ1) is 10.6. The number of nitrogens with one attached hydrogen (secondary N) is 1. The molecule has 3 heteroatoms. The van der Waals surface area contributed by atoms with Crippen LogP contribution in [0.5, 0.6) is 0 Å². The SMILES string of the molecule is Cc1ccc(CCC(=O)Nc2ccc(CC#N)cc2)cc1C. The van der Waals surface area contributed by atoms with Gasteiger partial charge in [0.1, 0.15) is 0 Å². The van der Waals surface area contributed by atoms with E-state index in [0.29, 0.717) is 12.8 Å². The van der Waals surface area contributed by atoms with E-state index in [2.05, 4.69) is 43.4 Å². The van der Waals surface area contributed by atoms with Gasteiger partial charge in [-0.25, -0.2) is 0 Å². The normalized spacial score (nSPS) is 10.0. The minimum atomic E-state index is 0.00580. The lowest BCUT2D eigenvalue weighted by Gasteiger charge is -2.07. The molecule has 0 fully saturated rings. The molecule has 2 rings (SSSR count). The third-order valence-electron chi connectivity index (χ3n) is 3.73. The van der Waals surface area contributed by atoms with Crippen LogP contribution in [0.1, 0.15) is 28.7 Å². The largest absolute Gasteiger partial charge is 0.326 e. The lowest BCUT2D eigenvalue weighted by Crippen LogP contribution is -2.12. The molecule has 0 heterocycles. The van der Waals surface area contributed by atoms with Gasteiger partial charge in [-0.05, 0) is 54.7 Å². The van der Waals surface area contributed by atoms with E-state index in [4.69, 9.17) is 5.26 Å². The second-order valence-corrected chi connectivity index (χ2v) is 5.50. The summed E-state index contributed by atoms with van der Waals surface area (Å²) in [4.78, 5) is 12.0. The molecule has 22 heavy (non-hydrogen) atoms. The Morgan fingerprint density at radius 3 is 2.36 bits per heavy atom. The molecule has 112 valence electrons. The van der Waals surface area contributed by atoms with Gasteiger partial charge in [0.25, 0.3) is 0 Å². The Balaban J connectivity index is 1.87. The van der Waals surface area contributed by atoms with E-state index < -0.39 is 0 Å². The van der Waals surface area contributed by atoms with Crippen LogP contribution in [0.2, 0.25) is 0 Å². The summed E-state index contributed by atoms with van der Waals surface area (Å²) in [7, 11) is 0. The van der Waals surface area contributed by atoms with Crippen molar-refractivity contribution in [2.24, 2.45) is 0 Å². The summed E-state index contributed by atoms with van der Waals surface area (Å²) in [6.07, 6.45) is 1.59. The van der Waals surface area contributed by atoms with Crippen LogP contribution in [0, 0.1) is 25.2 Å². The highest BCUT2D eigenvalue weighted by Gasteiger charge is 2.04. The van der Waals surface area contributed by atoms with E-state index in [0.717, 1.165) is 17.7 Å². The lowest BCUT2D eigenvalue weighted by atomic mass is 10.0.